The summed E-state index contributed by atoms with van der Waals surface area (Å²) < 4.78 is 0. The van der Waals surface area contributed by atoms with E-state index in [4.69, 9.17) is 0 Å². The molecule has 1 aromatic rings. The van der Waals surface area contributed by atoms with Gasteiger partial charge in [0.25, 0.3) is 0 Å². The second-order valence-corrected chi connectivity index (χ2v) is 7.89. The van der Waals surface area contributed by atoms with Gasteiger partial charge >= 0.3 is 0 Å². The quantitative estimate of drug-likeness (QED) is 0.784. The number of carbonyl (C=O) groups excluding carboxylic acids is 2. The smallest absolute Gasteiger partial charge is 0.246 e. The highest BCUT2D eigenvalue weighted by Gasteiger charge is 2.37. The van der Waals surface area contributed by atoms with Gasteiger partial charge in [-0.05, 0) is 34.6 Å². The lowest BCUT2D eigenvalue weighted by atomic mass is 9.84. The Kier molecular flexibility index (Phi) is 4.24. The van der Waals surface area contributed by atoms with E-state index in [1.807, 2.05) is 4.90 Å². The minimum Gasteiger partial charge on any atom is -0.338 e. The molecule has 0 aromatic heterocycles. The summed E-state index contributed by atoms with van der Waals surface area (Å²) in [6.45, 7) is 12.7. The van der Waals surface area contributed by atoms with E-state index < -0.39 is 0 Å². The molecule has 2 heterocycles. The van der Waals surface area contributed by atoms with Crippen molar-refractivity contribution < 1.29 is 9.59 Å². The lowest BCUT2D eigenvalue weighted by molar-refractivity contribution is -0.146. The van der Waals surface area contributed by atoms with Crippen molar-refractivity contribution in [1.82, 2.24) is 9.80 Å². The van der Waals surface area contributed by atoms with Crippen LogP contribution in [0, 0.1) is 5.92 Å². The maximum Gasteiger partial charge on any atom is 0.246 e. The molecule has 0 aliphatic carbocycles. The van der Waals surface area contributed by atoms with Gasteiger partial charge in [-0.1, -0.05) is 45.5 Å². The van der Waals surface area contributed by atoms with Crippen LogP contribution in [0.25, 0.3) is 0 Å². The number of fused-ring (bicyclic) bond motifs is 1. The van der Waals surface area contributed by atoms with Crippen molar-refractivity contribution in [3.8, 4) is 0 Å². The van der Waals surface area contributed by atoms with Gasteiger partial charge in [-0.2, -0.15) is 0 Å². The Morgan fingerprint density at radius 1 is 1.17 bits per heavy atom. The molecule has 4 heteroatoms. The Bertz CT molecular complexity index is 681. The van der Waals surface area contributed by atoms with Crippen molar-refractivity contribution in [2.24, 2.45) is 5.92 Å². The fraction of sp³-hybridized carbons (Fsp3) is 0.500. The zero-order chi connectivity index (χ0) is 17.5. The Morgan fingerprint density at radius 2 is 1.88 bits per heavy atom. The topological polar surface area (TPSA) is 40.6 Å². The maximum absolute atomic E-state index is 12.6. The number of carbonyl (C=O) groups is 2. The molecular formula is C20H26N2O2. The molecule has 2 aliphatic rings. The molecule has 2 aliphatic heterocycles. The number of benzene rings is 1. The van der Waals surface area contributed by atoms with Crippen molar-refractivity contribution in [1.29, 1.82) is 0 Å². The molecule has 128 valence electrons. The maximum atomic E-state index is 12.6. The number of rotatable bonds is 2. The van der Waals surface area contributed by atoms with Crippen LogP contribution >= 0.6 is 0 Å². The Balaban J connectivity index is 1.65. The van der Waals surface area contributed by atoms with Gasteiger partial charge < -0.3 is 9.80 Å². The third-order valence-electron chi connectivity index (χ3n) is 5.11. The first-order valence-electron chi connectivity index (χ1n) is 8.62. The van der Waals surface area contributed by atoms with Crippen molar-refractivity contribution in [3.05, 3.63) is 47.5 Å². The minimum atomic E-state index is -0.0854. The van der Waals surface area contributed by atoms with E-state index >= 15 is 0 Å². The molecule has 1 aromatic carbocycles. The highest BCUT2D eigenvalue weighted by Crippen LogP contribution is 2.29. The fourth-order valence-electron chi connectivity index (χ4n) is 3.41. The SMILES string of the molecule is C=CC(=O)N1CC(C(=O)N2CCc3cc(C(C)(C)C)ccc3C2)C1. The molecule has 1 fully saturated rings. The van der Waals surface area contributed by atoms with Crippen LogP contribution in [0.2, 0.25) is 0 Å². The molecule has 2 amide bonds. The Hall–Kier alpha value is -2.10. The third-order valence-corrected chi connectivity index (χ3v) is 5.11. The van der Waals surface area contributed by atoms with Crippen LogP contribution in [0.15, 0.2) is 30.9 Å². The Labute approximate surface area is 144 Å². The van der Waals surface area contributed by atoms with Gasteiger partial charge in [0, 0.05) is 26.2 Å². The van der Waals surface area contributed by atoms with Crippen LogP contribution in [0.5, 0.6) is 0 Å². The van der Waals surface area contributed by atoms with E-state index in [0.717, 1.165) is 13.0 Å². The van der Waals surface area contributed by atoms with Crippen LogP contribution in [0.1, 0.15) is 37.5 Å². The molecule has 0 radical (unpaired) electrons. The summed E-state index contributed by atoms with van der Waals surface area (Å²) in [7, 11) is 0. The van der Waals surface area contributed by atoms with E-state index in [9.17, 15) is 9.59 Å². The number of amides is 2. The van der Waals surface area contributed by atoms with Crippen molar-refractivity contribution in [2.45, 2.75) is 39.2 Å². The number of nitrogens with zero attached hydrogens (tertiary/aromatic N) is 2. The van der Waals surface area contributed by atoms with Crippen molar-refractivity contribution in [2.75, 3.05) is 19.6 Å². The van der Waals surface area contributed by atoms with Crippen molar-refractivity contribution >= 4 is 11.8 Å². The van der Waals surface area contributed by atoms with Crippen LogP contribution in [0.4, 0.5) is 0 Å². The summed E-state index contributed by atoms with van der Waals surface area (Å²) in [5, 5.41) is 0. The zero-order valence-corrected chi connectivity index (χ0v) is 14.8. The second-order valence-electron chi connectivity index (χ2n) is 7.89. The molecule has 1 saturated heterocycles. The molecule has 4 nitrogen and oxygen atoms in total. The molecule has 0 saturated carbocycles. The van der Waals surface area contributed by atoms with Gasteiger partial charge in [-0.25, -0.2) is 0 Å². The van der Waals surface area contributed by atoms with Crippen LogP contribution in [0.3, 0.4) is 0 Å². The van der Waals surface area contributed by atoms with Gasteiger partial charge in [0.05, 0.1) is 5.92 Å². The monoisotopic (exact) mass is 326 g/mol. The number of likely N-dealkylation sites (tertiary alicyclic amines) is 1. The summed E-state index contributed by atoms with van der Waals surface area (Å²) in [4.78, 5) is 27.7. The molecule has 0 N–H and O–H groups in total. The molecular weight excluding hydrogens is 300 g/mol. The summed E-state index contributed by atoms with van der Waals surface area (Å²) in [6, 6.07) is 6.65. The molecule has 0 atom stereocenters. The molecule has 0 spiro atoms. The molecule has 0 unspecified atom stereocenters. The van der Waals surface area contributed by atoms with Gasteiger partial charge in [0.15, 0.2) is 0 Å². The lowest BCUT2D eigenvalue weighted by Crippen LogP contribution is -2.56. The van der Waals surface area contributed by atoms with Crippen LogP contribution in [-0.4, -0.2) is 41.2 Å². The average Bonchev–Trinajstić information content (AvgIpc) is 2.51. The number of hydrogen-bond acceptors (Lipinski definition) is 2. The predicted molar refractivity (Wildman–Crippen MR) is 94.5 cm³/mol. The first-order chi connectivity index (χ1) is 11.3. The van der Waals surface area contributed by atoms with E-state index in [1.165, 1.54) is 22.8 Å². The zero-order valence-electron chi connectivity index (χ0n) is 14.8. The average molecular weight is 326 g/mol. The van der Waals surface area contributed by atoms with Gasteiger partial charge in [-0.3, -0.25) is 9.59 Å². The van der Waals surface area contributed by atoms with E-state index in [1.54, 1.807) is 4.90 Å². The fourth-order valence-corrected chi connectivity index (χ4v) is 3.41. The second kappa shape index (κ2) is 6.08. The normalized spacial score (nSPS) is 18.0. The summed E-state index contributed by atoms with van der Waals surface area (Å²) in [6.07, 6.45) is 2.22. The molecule has 24 heavy (non-hydrogen) atoms. The van der Waals surface area contributed by atoms with Gasteiger partial charge in [-0.15, -0.1) is 0 Å². The minimum absolute atomic E-state index is 0.0516. The van der Waals surface area contributed by atoms with Crippen LogP contribution in [-0.2, 0) is 28.0 Å². The lowest BCUT2D eigenvalue weighted by Gasteiger charge is -2.41. The van der Waals surface area contributed by atoms with E-state index in [2.05, 4.69) is 45.5 Å². The highest BCUT2D eigenvalue weighted by molar-refractivity contribution is 5.90. The summed E-state index contributed by atoms with van der Waals surface area (Å²) in [5.41, 5.74) is 4.11. The molecule has 0 bridgehead atoms. The predicted octanol–water partition coefficient (Wildman–Crippen LogP) is 2.51. The largest absolute Gasteiger partial charge is 0.338 e. The molecule has 3 rings (SSSR count). The number of hydrogen-bond donors (Lipinski definition) is 0. The first kappa shape index (κ1) is 16.7. The Morgan fingerprint density at radius 3 is 2.50 bits per heavy atom. The van der Waals surface area contributed by atoms with E-state index in [0.29, 0.717) is 19.6 Å². The standard InChI is InChI=1S/C20H26N2O2/c1-5-18(23)22-12-16(13-22)19(24)21-9-8-14-10-17(20(2,3)4)7-6-15(14)11-21/h5-7,10,16H,1,8-9,11-13H2,2-4H3. The third kappa shape index (κ3) is 3.10. The highest BCUT2D eigenvalue weighted by atomic mass is 16.2. The summed E-state index contributed by atoms with van der Waals surface area (Å²) >= 11 is 0. The summed E-state index contributed by atoms with van der Waals surface area (Å²) in [5.74, 6) is 0.0377. The van der Waals surface area contributed by atoms with Gasteiger partial charge in [0.2, 0.25) is 11.8 Å². The van der Waals surface area contributed by atoms with Crippen molar-refractivity contribution in [3.63, 3.8) is 0 Å². The first-order valence-corrected chi connectivity index (χ1v) is 8.62. The van der Waals surface area contributed by atoms with E-state index in [-0.39, 0.29) is 23.1 Å². The van der Waals surface area contributed by atoms with Gasteiger partial charge in [0.1, 0.15) is 0 Å². The van der Waals surface area contributed by atoms with Crippen LogP contribution < -0.4 is 0 Å².